The van der Waals surface area contributed by atoms with Crippen LogP contribution in [0.3, 0.4) is 0 Å². The van der Waals surface area contributed by atoms with Gasteiger partial charge in [-0.3, -0.25) is 0 Å². The third-order valence-electron chi connectivity index (χ3n) is 5.46. The van der Waals surface area contributed by atoms with E-state index in [1.54, 1.807) is 0 Å². The van der Waals surface area contributed by atoms with Gasteiger partial charge in [0, 0.05) is 35.3 Å². The first-order valence-corrected chi connectivity index (χ1v) is 8.82. The molecule has 3 heteroatoms. The minimum atomic E-state index is 0.336. The second-order valence-corrected chi connectivity index (χ2v) is 8.07. The summed E-state index contributed by atoms with van der Waals surface area (Å²) in [7, 11) is 0. The molecular weight excluding hydrogens is 242 g/mol. The van der Waals surface area contributed by atoms with E-state index >= 15 is 0 Å². The predicted octanol–water partition coefficient (Wildman–Crippen LogP) is 3.06. The van der Waals surface area contributed by atoms with Gasteiger partial charge in [-0.1, -0.05) is 13.8 Å². The summed E-state index contributed by atoms with van der Waals surface area (Å²) in [5.41, 5.74) is 0.336. The van der Waals surface area contributed by atoms with Crippen molar-refractivity contribution in [1.29, 1.82) is 0 Å². The minimum absolute atomic E-state index is 0.336. The minimum Gasteiger partial charge on any atom is -0.377 e. The molecule has 2 saturated carbocycles. The van der Waals surface area contributed by atoms with Gasteiger partial charge in [-0.2, -0.15) is 11.8 Å². The zero-order valence-electron chi connectivity index (χ0n) is 11.9. The van der Waals surface area contributed by atoms with Crippen molar-refractivity contribution in [3.05, 3.63) is 0 Å². The highest BCUT2D eigenvalue weighted by atomic mass is 32.2. The maximum atomic E-state index is 5.99. The molecule has 0 aromatic rings. The van der Waals surface area contributed by atoms with Crippen LogP contribution in [0.4, 0.5) is 0 Å². The van der Waals surface area contributed by atoms with Crippen LogP contribution in [0.2, 0.25) is 0 Å². The molecule has 0 aromatic heterocycles. The van der Waals surface area contributed by atoms with Crippen molar-refractivity contribution >= 4 is 11.8 Å². The predicted molar refractivity (Wildman–Crippen MR) is 78.1 cm³/mol. The summed E-state index contributed by atoms with van der Waals surface area (Å²) < 4.78 is 5.99. The van der Waals surface area contributed by atoms with Crippen molar-refractivity contribution < 1.29 is 4.74 Å². The Kier molecular flexibility index (Phi) is 3.68. The van der Waals surface area contributed by atoms with Crippen LogP contribution in [0.15, 0.2) is 0 Å². The number of hydrogen-bond donors (Lipinski definition) is 1. The zero-order chi connectivity index (χ0) is 12.8. The number of nitrogens with one attached hydrogen (secondary N) is 1. The molecule has 3 fully saturated rings. The molecule has 1 N–H and O–H groups in total. The lowest BCUT2D eigenvalue weighted by Gasteiger charge is -2.60. The first-order chi connectivity index (χ1) is 8.63. The summed E-state index contributed by atoms with van der Waals surface area (Å²) >= 11 is 2.05. The summed E-state index contributed by atoms with van der Waals surface area (Å²) in [5, 5.41) is 4.87. The fraction of sp³-hybridized carbons (Fsp3) is 1.00. The van der Waals surface area contributed by atoms with Gasteiger partial charge in [0.05, 0.1) is 6.10 Å². The largest absolute Gasteiger partial charge is 0.377 e. The smallest absolute Gasteiger partial charge is 0.0684 e. The van der Waals surface area contributed by atoms with E-state index in [1.165, 1.54) is 32.1 Å². The average Bonchev–Trinajstić information content (AvgIpc) is 2.84. The monoisotopic (exact) mass is 269 g/mol. The van der Waals surface area contributed by atoms with Crippen molar-refractivity contribution in [2.45, 2.75) is 69.4 Å². The molecule has 0 radical (unpaired) electrons. The summed E-state index contributed by atoms with van der Waals surface area (Å²) in [6, 6.07) is 1.45. The molecule has 104 valence electrons. The molecule has 0 unspecified atom stereocenters. The van der Waals surface area contributed by atoms with Gasteiger partial charge in [0.25, 0.3) is 0 Å². The average molecular weight is 269 g/mol. The molecule has 0 spiro atoms. The van der Waals surface area contributed by atoms with Crippen LogP contribution in [0.5, 0.6) is 0 Å². The van der Waals surface area contributed by atoms with Crippen molar-refractivity contribution in [1.82, 2.24) is 5.32 Å². The van der Waals surface area contributed by atoms with Crippen LogP contribution in [-0.2, 0) is 4.74 Å². The lowest BCUT2D eigenvalue weighted by atomic mass is 9.55. The molecular formula is C15H27NOS. The lowest BCUT2D eigenvalue weighted by Crippen LogP contribution is -2.70. The Morgan fingerprint density at radius 1 is 1.22 bits per heavy atom. The SMILES string of the molecule is CS[C@@H]1CC[C@H](N[C@@H]2[C@@H]3CCCO[C@H]3C2(C)C)C1. The maximum Gasteiger partial charge on any atom is 0.0684 e. The molecule has 1 aliphatic heterocycles. The van der Waals surface area contributed by atoms with E-state index in [0.717, 1.165) is 23.8 Å². The Morgan fingerprint density at radius 3 is 2.78 bits per heavy atom. The highest BCUT2D eigenvalue weighted by Gasteiger charge is 2.58. The number of thioether (sulfide) groups is 1. The van der Waals surface area contributed by atoms with Crippen LogP contribution < -0.4 is 5.32 Å². The topological polar surface area (TPSA) is 21.3 Å². The molecule has 0 amide bonds. The van der Waals surface area contributed by atoms with Crippen LogP contribution >= 0.6 is 11.8 Å². The fourth-order valence-electron chi connectivity index (χ4n) is 4.42. The number of ether oxygens (including phenoxy) is 1. The fourth-order valence-corrected chi connectivity index (χ4v) is 5.22. The van der Waals surface area contributed by atoms with E-state index in [-0.39, 0.29) is 0 Å². The summed E-state index contributed by atoms with van der Waals surface area (Å²) in [5.74, 6) is 0.780. The van der Waals surface area contributed by atoms with Crippen LogP contribution in [-0.4, -0.2) is 36.3 Å². The Balaban J connectivity index is 1.59. The van der Waals surface area contributed by atoms with Gasteiger partial charge in [-0.25, -0.2) is 0 Å². The van der Waals surface area contributed by atoms with Gasteiger partial charge in [-0.05, 0) is 38.4 Å². The summed E-state index contributed by atoms with van der Waals surface area (Å²) in [4.78, 5) is 0. The molecule has 18 heavy (non-hydrogen) atoms. The van der Waals surface area contributed by atoms with Gasteiger partial charge in [-0.15, -0.1) is 0 Å². The highest BCUT2D eigenvalue weighted by molar-refractivity contribution is 7.99. The van der Waals surface area contributed by atoms with E-state index in [0.29, 0.717) is 17.6 Å². The zero-order valence-corrected chi connectivity index (χ0v) is 12.8. The van der Waals surface area contributed by atoms with Crippen molar-refractivity contribution in [2.75, 3.05) is 12.9 Å². The van der Waals surface area contributed by atoms with Crippen molar-refractivity contribution in [3.63, 3.8) is 0 Å². The molecule has 5 atom stereocenters. The number of hydrogen-bond acceptors (Lipinski definition) is 3. The standard InChI is InChI=1S/C15H27NOS/c1-15(2)13(12-5-4-8-17-14(12)15)16-10-6-7-11(9-10)18-3/h10-14,16H,4-9H2,1-3H3/t10-,11+,12-,13+,14+/m0/s1. The van der Waals surface area contributed by atoms with Crippen LogP contribution in [0, 0.1) is 11.3 Å². The van der Waals surface area contributed by atoms with Crippen molar-refractivity contribution in [3.8, 4) is 0 Å². The molecule has 3 aliphatic rings. The highest BCUT2D eigenvalue weighted by Crippen LogP contribution is 2.51. The molecule has 2 aliphatic carbocycles. The second kappa shape index (κ2) is 4.99. The number of rotatable bonds is 3. The Bertz CT molecular complexity index is 307. The van der Waals surface area contributed by atoms with Gasteiger partial charge in [0.15, 0.2) is 0 Å². The Labute approximate surface area is 116 Å². The van der Waals surface area contributed by atoms with E-state index in [9.17, 15) is 0 Å². The van der Waals surface area contributed by atoms with Gasteiger partial charge in [0.1, 0.15) is 0 Å². The third-order valence-corrected chi connectivity index (χ3v) is 6.56. The molecule has 1 saturated heterocycles. The van der Waals surface area contributed by atoms with Gasteiger partial charge in [0.2, 0.25) is 0 Å². The summed E-state index contributed by atoms with van der Waals surface area (Å²) in [6.07, 6.45) is 9.53. The van der Waals surface area contributed by atoms with Crippen LogP contribution in [0.25, 0.3) is 0 Å². The molecule has 0 bridgehead atoms. The second-order valence-electron chi connectivity index (χ2n) is 6.93. The van der Waals surface area contributed by atoms with E-state index < -0.39 is 0 Å². The summed E-state index contributed by atoms with van der Waals surface area (Å²) in [6.45, 7) is 5.76. The quantitative estimate of drug-likeness (QED) is 0.851. The Morgan fingerprint density at radius 2 is 2.06 bits per heavy atom. The molecule has 2 nitrogen and oxygen atoms in total. The number of fused-ring (bicyclic) bond motifs is 1. The first-order valence-electron chi connectivity index (χ1n) is 7.53. The third kappa shape index (κ3) is 2.12. The normalized spacial score (nSPS) is 46.5. The molecule has 3 rings (SSSR count). The van der Waals surface area contributed by atoms with Crippen molar-refractivity contribution in [2.24, 2.45) is 11.3 Å². The van der Waals surface area contributed by atoms with Gasteiger partial charge < -0.3 is 10.1 Å². The van der Waals surface area contributed by atoms with E-state index in [2.05, 4.69) is 25.4 Å². The Hall–Kier alpha value is 0.270. The molecule has 0 aromatic carbocycles. The van der Waals surface area contributed by atoms with Gasteiger partial charge >= 0.3 is 0 Å². The lowest BCUT2D eigenvalue weighted by molar-refractivity contribution is -0.194. The first kappa shape index (κ1) is 13.3. The van der Waals surface area contributed by atoms with E-state index in [1.807, 2.05) is 11.8 Å². The van der Waals surface area contributed by atoms with Crippen LogP contribution in [0.1, 0.15) is 46.0 Å². The van der Waals surface area contributed by atoms with E-state index in [4.69, 9.17) is 4.74 Å². The molecule has 1 heterocycles. The maximum absolute atomic E-state index is 5.99.